The largest absolute Gasteiger partial charge is 0.369 e. The molecule has 0 aromatic rings. The molecule has 11 heavy (non-hydrogen) atoms. The van der Waals surface area contributed by atoms with E-state index < -0.39 is 11.3 Å². The minimum Gasteiger partial charge on any atom is -0.369 e. The van der Waals surface area contributed by atoms with Crippen LogP contribution in [0.4, 0.5) is 0 Å². The maximum atomic E-state index is 10.5. The first-order valence-corrected chi connectivity index (χ1v) is 4.26. The fourth-order valence-electron chi connectivity index (χ4n) is 0.492. The summed E-state index contributed by atoms with van der Waals surface area (Å²) in [5.74, 6) is 0.494. The lowest BCUT2D eigenvalue weighted by molar-refractivity contribution is -0.122. The minimum absolute atomic E-state index is 0.423. The third-order valence-electron chi connectivity index (χ3n) is 1.65. The zero-order valence-electron chi connectivity index (χ0n) is 7.26. The van der Waals surface area contributed by atoms with Crippen LogP contribution in [0.2, 0.25) is 0 Å². The molecule has 0 amide bonds. The number of hydrogen-bond acceptors (Lipinski definition) is 2. The molecule has 0 aliphatic heterocycles. The van der Waals surface area contributed by atoms with Crippen molar-refractivity contribution < 1.29 is 9.53 Å². The van der Waals surface area contributed by atoms with E-state index in [4.69, 9.17) is 16.3 Å². The van der Waals surface area contributed by atoms with Crippen molar-refractivity contribution in [2.24, 2.45) is 5.92 Å². The summed E-state index contributed by atoms with van der Waals surface area (Å²) in [6.07, 6.45) is 0.592. The van der Waals surface area contributed by atoms with Gasteiger partial charge in [-0.1, -0.05) is 20.3 Å². The van der Waals surface area contributed by atoms with Gasteiger partial charge in [-0.3, -0.25) is 4.79 Å². The van der Waals surface area contributed by atoms with Gasteiger partial charge in [0.15, 0.2) is 0 Å². The average molecular weight is 179 g/mol. The van der Waals surface area contributed by atoms with Crippen LogP contribution in [0.3, 0.4) is 0 Å². The van der Waals surface area contributed by atoms with Gasteiger partial charge in [-0.15, -0.1) is 0 Å². The molecule has 0 heterocycles. The Morgan fingerprint density at radius 1 is 1.55 bits per heavy atom. The van der Waals surface area contributed by atoms with Gasteiger partial charge >= 0.3 is 0 Å². The van der Waals surface area contributed by atoms with Gasteiger partial charge in [0.05, 0.1) is 6.61 Å². The molecule has 66 valence electrons. The van der Waals surface area contributed by atoms with E-state index in [0.29, 0.717) is 12.5 Å². The quantitative estimate of drug-likeness (QED) is 0.604. The van der Waals surface area contributed by atoms with E-state index in [1.807, 2.05) is 0 Å². The highest BCUT2D eigenvalue weighted by atomic mass is 35.5. The van der Waals surface area contributed by atoms with Gasteiger partial charge in [0.25, 0.3) is 0 Å². The summed E-state index contributed by atoms with van der Waals surface area (Å²) in [5, 5.41) is -0.423. The van der Waals surface area contributed by atoms with Crippen molar-refractivity contribution in [2.75, 3.05) is 6.61 Å². The Hall–Kier alpha value is -0.0800. The summed E-state index contributed by atoms with van der Waals surface area (Å²) < 4.78 is 5.17. The number of halogens is 1. The van der Waals surface area contributed by atoms with Crippen LogP contribution in [0.1, 0.15) is 27.2 Å². The molecule has 0 N–H and O–H groups in total. The highest BCUT2D eigenvalue weighted by Gasteiger charge is 2.10. The second-order valence-electron chi connectivity index (χ2n) is 2.79. The molecule has 0 radical (unpaired) electrons. The fraction of sp³-hybridized carbons (Fsp3) is 0.875. The second-order valence-corrected chi connectivity index (χ2v) is 3.17. The lowest BCUT2D eigenvalue weighted by atomic mass is 10.1. The Kier molecular flexibility index (Phi) is 5.51. The van der Waals surface area contributed by atoms with Gasteiger partial charge in [-0.25, -0.2) is 0 Å². The Labute approximate surface area is 72.9 Å². The number of carbonyl (C=O) groups is 1. The van der Waals surface area contributed by atoms with E-state index in [1.165, 1.54) is 0 Å². The van der Waals surface area contributed by atoms with Crippen molar-refractivity contribution in [3.8, 4) is 0 Å². The molecule has 0 rings (SSSR count). The molecule has 3 heteroatoms. The van der Waals surface area contributed by atoms with Gasteiger partial charge in [0.1, 0.15) is 6.10 Å². The summed E-state index contributed by atoms with van der Waals surface area (Å²) in [4.78, 5) is 10.5. The van der Waals surface area contributed by atoms with Crippen LogP contribution in [0, 0.1) is 5.92 Å². The predicted octanol–water partition coefficient (Wildman–Crippen LogP) is 2.20. The summed E-state index contributed by atoms with van der Waals surface area (Å²) in [6.45, 7) is 6.43. The lowest BCUT2D eigenvalue weighted by Crippen LogP contribution is -2.19. The highest BCUT2D eigenvalue weighted by Crippen LogP contribution is 2.04. The zero-order chi connectivity index (χ0) is 8.85. The molecule has 0 spiro atoms. The Morgan fingerprint density at radius 3 is 2.45 bits per heavy atom. The molecular weight excluding hydrogens is 164 g/mol. The van der Waals surface area contributed by atoms with Crippen LogP contribution in [0.25, 0.3) is 0 Å². The van der Waals surface area contributed by atoms with Gasteiger partial charge in [-0.05, 0) is 24.4 Å². The van der Waals surface area contributed by atoms with Crippen molar-refractivity contribution in [3.05, 3.63) is 0 Å². The molecule has 2 unspecified atom stereocenters. The monoisotopic (exact) mass is 178 g/mol. The normalized spacial score (nSPS) is 16.0. The van der Waals surface area contributed by atoms with E-state index in [1.54, 1.807) is 6.92 Å². The molecule has 0 bridgehead atoms. The SMILES string of the molecule is CCC(C)COC(C)C(=O)Cl. The number of hydrogen-bond donors (Lipinski definition) is 0. The predicted molar refractivity (Wildman–Crippen MR) is 45.7 cm³/mol. The number of rotatable bonds is 5. The second kappa shape index (κ2) is 5.56. The van der Waals surface area contributed by atoms with Crippen molar-refractivity contribution in [2.45, 2.75) is 33.3 Å². The fourth-order valence-corrected chi connectivity index (χ4v) is 0.555. The Morgan fingerprint density at radius 2 is 2.09 bits per heavy atom. The molecule has 0 saturated carbocycles. The lowest BCUT2D eigenvalue weighted by Gasteiger charge is -2.12. The topological polar surface area (TPSA) is 26.3 Å². The molecule has 2 nitrogen and oxygen atoms in total. The molecule has 0 aliphatic rings. The van der Waals surface area contributed by atoms with Crippen molar-refractivity contribution in [3.63, 3.8) is 0 Å². The highest BCUT2D eigenvalue weighted by molar-refractivity contribution is 6.64. The first-order valence-electron chi connectivity index (χ1n) is 3.88. The maximum absolute atomic E-state index is 10.5. The van der Waals surface area contributed by atoms with Crippen molar-refractivity contribution >= 4 is 16.8 Å². The molecule has 0 saturated heterocycles. The van der Waals surface area contributed by atoms with E-state index >= 15 is 0 Å². The molecular formula is C8H15ClO2. The number of ether oxygens (including phenoxy) is 1. The maximum Gasteiger partial charge on any atom is 0.250 e. The molecule has 0 fully saturated rings. The molecule has 0 aliphatic carbocycles. The standard InChI is InChI=1S/C8H15ClO2/c1-4-6(2)5-11-7(3)8(9)10/h6-7H,4-5H2,1-3H3. The van der Waals surface area contributed by atoms with Crippen LogP contribution in [-0.2, 0) is 9.53 Å². The first kappa shape index (κ1) is 10.9. The van der Waals surface area contributed by atoms with Crippen LogP contribution in [-0.4, -0.2) is 18.0 Å². The van der Waals surface area contributed by atoms with Crippen molar-refractivity contribution in [1.29, 1.82) is 0 Å². The summed E-state index contributed by atoms with van der Waals surface area (Å²) in [7, 11) is 0. The third-order valence-corrected chi connectivity index (χ3v) is 1.95. The molecule has 0 aromatic carbocycles. The third kappa shape index (κ3) is 5.22. The Balaban J connectivity index is 3.45. The zero-order valence-corrected chi connectivity index (χ0v) is 8.02. The van der Waals surface area contributed by atoms with Gasteiger partial charge in [0.2, 0.25) is 5.24 Å². The van der Waals surface area contributed by atoms with E-state index in [0.717, 1.165) is 6.42 Å². The van der Waals surface area contributed by atoms with Crippen LogP contribution < -0.4 is 0 Å². The van der Waals surface area contributed by atoms with E-state index in [9.17, 15) is 4.79 Å². The Bertz CT molecular complexity index is 125. The smallest absolute Gasteiger partial charge is 0.250 e. The molecule has 2 atom stereocenters. The summed E-state index contributed by atoms with van der Waals surface area (Å²) in [6, 6.07) is 0. The van der Waals surface area contributed by atoms with E-state index in [-0.39, 0.29) is 0 Å². The summed E-state index contributed by atoms with van der Waals surface area (Å²) >= 11 is 5.19. The summed E-state index contributed by atoms with van der Waals surface area (Å²) in [5.41, 5.74) is 0. The minimum atomic E-state index is -0.467. The van der Waals surface area contributed by atoms with Crippen LogP contribution in [0.5, 0.6) is 0 Å². The number of carbonyl (C=O) groups excluding carboxylic acids is 1. The van der Waals surface area contributed by atoms with Gasteiger partial charge in [-0.2, -0.15) is 0 Å². The van der Waals surface area contributed by atoms with Crippen LogP contribution >= 0.6 is 11.6 Å². The van der Waals surface area contributed by atoms with E-state index in [2.05, 4.69) is 13.8 Å². The average Bonchev–Trinajstić information content (AvgIpc) is 1.99. The van der Waals surface area contributed by atoms with Gasteiger partial charge in [0, 0.05) is 0 Å². The van der Waals surface area contributed by atoms with Crippen molar-refractivity contribution in [1.82, 2.24) is 0 Å². The first-order chi connectivity index (χ1) is 5.07. The van der Waals surface area contributed by atoms with Crippen LogP contribution in [0.15, 0.2) is 0 Å². The van der Waals surface area contributed by atoms with Gasteiger partial charge < -0.3 is 4.74 Å². The molecule has 0 aromatic heterocycles.